The molecular formula is C35H34MgN4O6. The molecule has 8 bridgehead atoms. The third kappa shape index (κ3) is 5.09. The van der Waals surface area contributed by atoms with E-state index in [2.05, 4.69) is 0 Å². The monoisotopic (exact) mass is 630 g/mol. The van der Waals surface area contributed by atoms with Crippen LogP contribution in [-0.2, 0) is 14.3 Å². The summed E-state index contributed by atoms with van der Waals surface area (Å²) >= 11 is 0. The van der Waals surface area contributed by atoms with E-state index in [1.54, 1.807) is 6.92 Å². The summed E-state index contributed by atoms with van der Waals surface area (Å²) in [5, 5.41) is 9.59. The first-order chi connectivity index (χ1) is 21.4. The van der Waals surface area contributed by atoms with E-state index in [4.69, 9.17) is 24.7 Å². The van der Waals surface area contributed by atoms with Gasteiger partial charge in [-0.3, -0.25) is 29.1 Å². The number of Topliss-reactive ketones (excluding diaryl/α,β-unsaturated/α-hetero) is 2. The van der Waals surface area contributed by atoms with Crippen LogP contribution >= 0.6 is 0 Å². The molecule has 1 N–H and O–H groups in total. The Balaban J connectivity index is 0.00000417. The van der Waals surface area contributed by atoms with Crippen molar-refractivity contribution in [2.75, 3.05) is 7.11 Å². The number of aliphatic carboxylic acids is 1. The van der Waals surface area contributed by atoms with Crippen molar-refractivity contribution >= 4 is 74.2 Å². The van der Waals surface area contributed by atoms with Crippen molar-refractivity contribution in [3.8, 4) is 0 Å². The Kier molecular flexibility index (Phi) is 8.87. The Morgan fingerprint density at radius 3 is 2.30 bits per heavy atom. The van der Waals surface area contributed by atoms with Gasteiger partial charge in [-0.2, -0.15) is 0 Å². The van der Waals surface area contributed by atoms with Crippen molar-refractivity contribution in [2.24, 2.45) is 0 Å². The minimum absolute atomic E-state index is 0. The second-order valence-electron chi connectivity index (χ2n) is 12.1. The quantitative estimate of drug-likeness (QED) is 0.167. The van der Waals surface area contributed by atoms with Gasteiger partial charge in [0, 0.05) is 52.4 Å². The Labute approximate surface area is 282 Å². The number of hydrogen-bond acceptors (Lipinski definition) is 7. The molecule has 3 aromatic rings. The maximum Gasteiger partial charge on any atom is 2.00 e. The molecule has 232 valence electrons. The standard InChI is InChI=1S/C35H36N4O6.Mg/c1-8-19-14(2)21-13-26-28(18(6)40)16(4)23(37-26)11-22-15(3)20(9-10-27(41)42)32(38-22)30-31(35(44)45-7)34(43)29-17(5)24(39-33(29)30)12-25(19)36-21;/h8,11-15,20,31H,9-10H2,1-7H3,(H3,36,37,38,39,40,41,42,43);/q;+2/p-2/b19-8-;/t14?,15-,20-,31+;/m0./s1. The predicted molar refractivity (Wildman–Crippen MR) is 173 cm³/mol. The summed E-state index contributed by atoms with van der Waals surface area (Å²) in [4.78, 5) is 71.5. The first-order valence-electron chi connectivity index (χ1n) is 15.1. The summed E-state index contributed by atoms with van der Waals surface area (Å²) in [6.07, 6.45) is 2.09. The second-order valence-corrected chi connectivity index (χ2v) is 12.1. The fraction of sp³-hybridized carbons (Fsp3) is 0.371. The smallest absolute Gasteiger partial charge is 0.657 e. The minimum Gasteiger partial charge on any atom is -0.657 e. The van der Waals surface area contributed by atoms with Crippen molar-refractivity contribution in [3.63, 3.8) is 0 Å². The van der Waals surface area contributed by atoms with E-state index >= 15 is 0 Å². The molecule has 2 aliphatic heterocycles. The van der Waals surface area contributed by atoms with E-state index in [0.717, 1.165) is 11.3 Å². The number of esters is 1. The summed E-state index contributed by atoms with van der Waals surface area (Å²) in [6, 6.07) is 5.52. The number of carboxylic acid groups (broad SMARTS) is 1. The molecule has 3 aliphatic rings. The van der Waals surface area contributed by atoms with Crippen molar-refractivity contribution in [1.82, 2.24) is 19.9 Å². The van der Waals surface area contributed by atoms with Gasteiger partial charge >= 0.3 is 35.0 Å². The Hall–Kier alpha value is -4.09. The Morgan fingerprint density at radius 2 is 1.67 bits per heavy atom. The number of allylic oxidation sites excluding steroid dienone is 2. The van der Waals surface area contributed by atoms with Crippen LogP contribution in [0.1, 0.15) is 124 Å². The first kappa shape index (κ1) is 33.3. The fourth-order valence-electron chi connectivity index (χ4n) is 7.12. The van der Waals surface area contributed by atoms with E-state index < -0.39 is 29.6 Å². The number of nitrogens with zero attached hydrogens (tertiary/aromatic N) is 4. The molecule has 6 rings (SSSR count). The molecule has 0 saturated heterocycles. The Morgan fingerprint density at radius 1 is 1.00 bits per heavy atom. The van der Waals surface area contributed by atoms with Gasteiger partial charge in [0.2, 0.25) is 0 Å². The van der Waals surface area contributed by atoms with Crippen LogP contribution in [0.25, 0.3) is 27.6 Å². The normalized spacial score (nSPS) is 20.9. The SMILES string of the molecule is C/C=C1\c2cc3[n-]c4c(c3C)C(=O)[C@H](C(=O)OC)c4c3nc(cc4[n-]c(cc(n2)C1C)c(C(C)=O)c4C)[C@@H](C)[C@@H]3CCC(=O)O.[Mg+2]. The number of hydrogen-bond donors (Lipinski definition) is 1. The summed E-state index contributed by atoms with van der Waals surface area (Å²) in [6.45, 7) is 11.1. The van der Waals surface area contributed by atoms with Crippen LogP contribution in [0.3, 0.4) is 0 Å². The summed E-state index contributed by atoms with van der Waals surface area (Å²) in [7, 11) is 1.23. The molecule has 1 aliphatic carbocycles. The molecule has 5 heterocycles. The van der Waals surface area contributed by atoms with Crippen molar-refractivity contribution in [2.45, 2.75) is 78.1 Å². The van der Waals surface area contributed by atoms with Crippen LogP contribution in [0, 0.1) is 13.8 Å². The van der Waals surface area contributed by atoms with Crippen LogP contribution in [0.4, 0.5) is 0 Å². The maximum atomic E-state index is 14.0. The van der Waals surface area contributed by atoms with Crippen LogP contribution in [0.15, 0.2) is 24.3 Å². The van der Waals surface area contributed by atoms with Crippen LogP contribution in [-0.4, -0.2) is 68.7 Å². The number of carboxylic acids is 1. The number of carbonyl (C=O) groups is 4. The summed E-state index contributed by atoms with van der Waals surface area (Å²) < 4.78 is 5.10. The molecule has 0 spiro atoms. The van der Waals surface area contributed by atoms with Gasteiger partial charge in [-0.05, 0) is 45.3 Å². The summed E-state index contributed by atoms with van der Waals surface area (Å²) in [5.41, 5.74) is 7.98. The van der Waals surface area contributed by atoms with E-state index in [1.807, 2.05) is 52.0 Å². The molecule has 0 aromatic carbocycles. The molecule has 0 fully saturated rings. The average molecular weight is 631 g/mol. The van der Waals surface area contributed by atoms with E-state index in [0.29, 0.717) is 67.0 Å². The second kappa shape index (κ2) is 12.3. The van der Waals surface area contributed by atoms with Gasteiger partial charge in [0.25, 0.3) is 0 Å². The number of aromatic nitrogens is 4. The molecule has 11 heteroatoms. The zero-order valence-electron chi connectivity index (χ0n) is 27.0. The van der Waals surface area contributed by atoms with Crippen LogP contribution in [0.5, 0.6) is 0 Å². The summed E-state index contributed by atoms with van der Waals surface area (Å²) in [5.74, 6) is -4.27. The van der Waals surface area contributed by atoms with Gasteiger partial charge < -0.3 is 19.8 Å². The third-order valence-corrected chi connectivity index (χ3v) is 9.55. The number of ketones is 2. The number of aryl methyl sites for hydroxylation is 2. The third-order valence-electron chi connectivity index (χ3n) is 9.55. The van der Waals surface area contributed by atoms with Crippen LogP contribution < -0.4 is 9.97 Å². The van der Waals surface area contributed by atoms with Gasteiger partial charge in [-0.25, -0.2) is 0 Å². The maximum absolute atomic E-state index is 14.0. The van der Waals surface area contributed by atoms with Crippen LogP contribution in [0.2, 0.25) is 0 Å². The first-order valence-corrected chi connectivity index (χ1v) is 15.1. The van der Waals surface area contributed by atoms with E-state index in [1.165, 1.54) is 14.0 Å². The number of ether oxygens (including phenoxy) is 1. The van der Waals surface area contributed by atoms with Gasteiger partial charge in [0.15, 0.2) is 11.6 Å². The number of methoxy groups -OCH3 is 1. The van der Waals surface area contributed by atoms with Crippen molar-refractivity contribution in [1.29, 1.82) is 0 Å². The fourth-order valence-corrected chi connectivity index (χ4v) is 7.12. The number of rotatable bonds is 5. The number of carbonyl (C=O) groups excluding carboxylic acids is 3. The van der Waals surface area contributed by atoms with Gasteiger partial charge in [0.05, 0.1) is 12.8 Å². The molecule has 46 heavy (non-hydrogen) atoms. The largest absolute Gasteiger partial charge is 2.00 e. The number of fused-ring (bicyclic) bond motifs is 8. The van der Waals surface area contributed by atoms with Gasteiger partial charge in [0.1, 0.15) is 5.92 Å². The predicted octanol–water partition coefficient (Wildman–Crippen LogP) is 5.42. The van der Waals surface area contributed by atoms with Crippen molar-refractivity contribution in [3.05, 3.63) is 74.9 Å². The molecular weight excluding hydrogens is 597 g/mol. The van der Waals surface area contributed by atoms with E-state index in [9.17, 15) is 24.3 Å². The van der Waals surface area contributed by atoms with E-state index in [-0.39, 0.29) is 53.5 Å². The van der Waals surface area contributed by atoms with Gasteiger partial charge in [-0.1, -0.05) is 49.2 Å². The molecule has 0 saturated carbocycles. The zero-order valence-corrected chi connectivity index (χ0v) is 28.4. The van der Waals surface area contributed by atoms with Crippen molar-refractivity contribution < 1.29 is 29.0 Å². The zero-order chi connectivity index (χ0) is 32.5. The molecule has 4 atom stereocenters. The average Bonchev–Trinajstić information content (AvgIpc) is 3.72. The van der Waals surface area contributed by atoms with Gasteiger partial charge in [-0.15, -0.1) is 22.1 Å². The topological polar surface area (TPSA) is 152 Å². The molecule has 1 unspecified atom stereocenters. The minimum atomic E-state index is -1.27. The molecule has 3 aromatic heterocycles. The molecule has 0 amide bonds. The Bertz CT molecular complexity index is 2040. The molecule has 10 nitrogen and oxygen atoms in total. The molecule has 0 radical (unpaired) electrons.